The number of hydrogen-bond donors (Lipinski definition) is 1. The van der Waals surface area contributed by atoms with E-state index in [9.17, 15) is 22.0 Å². The van der Waals surface area contributed by atoms with Crippen LogP contribution in [0.2, 0.25) is 0 Å². The van der Waals surface area contributed by atoms with Gasteiger partial charge in [-0.3, -0.25) is 0 Å². The normalized spacial score (nSPS) is 12.2. The van der Waals surface area contributed by atoms with Gasteiger partial charge in [0.15, 0.2) is 0 Å². The maximum Gasteiger partial charge on any atom is 0.458 e. The average Bonchev–Trinajstić information content (AvgIpc) is 2.52. The molecule has 0 aliphatic rings. The molecule has 0 heterocycles. The largest absolute Gasteiger partial charge is 0.458 e. The molecule has 1 radical (unpaired) electrons. The van der Waals surface area contributed by atoms with Crippen LogP contribution >= 0.6 is 0 Å². The Kier molecular flexibility index (Phi) is 5.23. The third kappa shape index (κ3) is 4.43. The SMILES string of the molecule is FC(F)(F)C(F)(F)c1cccc(CCCNc2cc[c]cc2)c1. The Morgan fingerprint density at radius 2 is 1.65 bits per heavy atom. The van der Waals surface area contributed by atoms with Crippen molar-refractivity contribution in [1.82, 2.24) is 0 Å². The Labute approximate surface area is 131 Å². The van der Waals surface area contributed by atoms with Crippen LogP contribution in [-0.2, 0) is 12.3 Å². The highest BCUT2D eigenvalue weighted by atomic mass is 19.4. The van der Waals surface area contributed by atoms with Gasteiger partial charge in [-0.1, -0.05) is 30.3 Å². The van der Waals surface area contributed by atoms with Gasteiger partial charge in [0.05, 0.1) is 0 Å². The number of nitrogens with one attached hydrogen (secondary N) is 1. The minimum atomic E-state index is -5.59. The smallest absolute Gasteiger partial charge is 0.385 e. The van der Waals surface area contributed by atoms with Crippen LogP contribution in [0.25, 0.3) is 0 Å². The summed E-state index contributed by atoms with van der Waals surface area (Å²) in [6, 6.07) is 14.6. The number of alkyl halides is 5. The van der Waals surface area contributed by atoms with Crippen LogP contribution in [0.1, 0.15) is 17.5 Å². The number of anilines is 1. The Bertz CT molecular complexity index is 622. The van der Waals surface area contributed by atoms with Gasteiger partial charge < -0.3 is 5.32 Å². The molecule has 0 fully saturated rings. The highest BCUT2D eigenvalue weighted by Gasteiger charge is 2.58. The van der Waals surface area contributed by atoms with Crippen molar-refractivity contribution in [3.8, 4) is 0 Å². The molecule has 123 valence electrons. The van der Waals surface area contributed by atoms with E-state index in [-0.39, 0.29) is 0 Å². The average molecular weight is 328 g/mol. The number of aryl methyl sites for hydroxylation is 1. The molecule has 6 heteroatoms. The molecule has 23 heavy (non-hydrogen) atoms. The summed E-state index contributed by atoms with van der Waals surface area (Å²) in [5, 5.41) is 3.14. The molecule has 0 amide bonds. The van der Waals surface area contributed by atoms with Crippen molar-refractivity contribution in [1.29, 1.82) is 0 Å². The zero-order valence-corrected chi connectivity index (χ0v) is 12.1. The first kappa shape index (κ1) is 17.2. The van der Waals surface area contributed by atoms with E-state index in [0.29, 0.717) is 24.9 Å². The van der Waals surface area contributed by atoms with Gasteiger partial charge in [-0.25, -0.2) is 0 Å². The lowest BCUT2D eigenvalue weighted by Gasteiger charge is -2.20. The minimum Gasteiger partial charge on any atom is -0.385 e. The summed E-state index contributed by atoms with van der Waals surface area (Å²) in [5.74, 6) is -4.83. The van der Waals surface area contributed by atoms with Crippen molar-refractivity contribution in [3.05, 3.63) is 65.7 Å². The first-order valence-electron chi connectivity index (χ1n) is 7.04. The lowest BCUT2D eigenvalue weighted by molar-refractivity contribution is -0.289. The predicted octanol–water partition coefficient (Wildman–Crippen LogP) is 5.19. The first-order chi connectivity index (χ1) is 10.8. The summed E-state index contributed by atoms with van der Waals surface area (Å²) in [5.41, 5.74) is 0.338. The summed E-state index contributed by atoms with van der Waals surface area (Å²) in [7, 11) is 0. The molecule has 2 aromatic carbocycles. The summed E-state index contributed by atoms with van der Waals surface area (Å²) < 4.78 is 63.8. The van der Waals surface area contributed by atoms with E-state index in [1.54, 1.807) is 18.2 Å². The number of rotatable bonds is 6. The number of hydrogen-bond acceptors (Lipinski definition) is 1. The van der Waals surface area contributed by atoms with E-state index in [0.717, 1.165) is 17.8 Å². The van der Waals surface area contributed by atoms with Crippen LogP contribution in [0.4, 0.5) is 27.6 Å². The molecule has 1 N–H and O–H groups in total. The summed E-state index contributed by atoms with van der Waals surface area (Å²) in [6.07, 6.45) is -4.56. The fraction of sp³-hybridized carbons (Fsp3) is 0.294. The zero-order chi connectivity index (χ0) is 16.9. The van der Waals surface area contributed by atoms with Crippen molar-refractivity contribution in [3.63, 3.8) is 0 Å². The quantitative estimate of drug-likeness (QED) is 0.569. The Hall–Kier alpha value is -2.11. The van der Waals surface area contributed by atoms with Crippen molar-refractivity contribution in [2.75, 3.05) is 11.9 Å². The topological polar surface area (TPSA) is 12.0 Å². The molecular weight excluding hydrogens is 313 g/mol. The van der Waals surface area contributed by atoms with Gasteiger partial charge in [0.25, 0.3) is 0 Å². The molecule has 1 nitrogen and oxygen atoms in total. The molecule has 0 saturated carbocycles. The molecule has 2 aromatic rings. The number of halogens is 5. The van der Waals surface area contributed by atoms with Crippen LogP contribution in [0.15, 0.2) is 48.5 Å². The maximum atomic E-state index is 13.3. The summed E-state index contributed by atoms with van der Waals surface area (Å²) >= 11 is 0. The Morgan fingerprint density at radius 3 is 2.30 bits per heavy atom. The second-order valence-corrected chi connectivity index (χ2v) is 5.09. The van der Waals surface area contributed by atoms with Gasteiger partial charge in [0.1, 0.15) is 0 Å². The molecule has 0 atom stereocenters. The molecular formula is C17H15F5N. The van der Waals surface area contributed by atoms with Crippen LogP contribution in [-0.4, -0.2) is 12.7 Å². The predicted molar refractivity (Wildman–Crippen MR) is 78.5 cm³/mol. The van der Waals surface area contributed by atoms with Crippen LogP contribution in [0.3, 0.4) is 0 Å². The highest BCUT2D eigenvalue weighted by molar-refractivity contribution is 5.42. The van der Waals surface area contributed by atoms with Crippen molar-refractivity contribution in [2.24, 2.45) is 0 Å². The fourth-order valence-electron chi connectivity index (χ4n) is 2.12. The second kappa shape index (κ2) is 6.98. The standard InChI is InChI=1S/C17H15F5N/c18-16(19,17(20,21)22)14-8-4-6-13(12-14)7-5-11-23-15-9-2-1-3-10-15/h2-4,6,8-10,12,23H,5,7,11H2. The van der Waals surface area contributed by atoms with Gasteiger partial charge >= 0.3 is 12.1 Å². The first-order valence-corrected chi connectivity index (χ1v) is 7.04. The molecule has 0 aromatic heterocycles. The molecule has 0 bridgehead atoms. The van der Waals surface area contributed by atoms with Crippen molar-refractivity contribution < 1.29 is 22.0 Å². The molecule has 2 rings (SSSR count). The van der Waals surface area contributed by atoms with E-state index in [4.69, 9.17) is 0 Å². The van der Waals surface area contributed by atoms with Gasteiger partial charge in [-0.05, 0) is 42.7 Å². The zero-order valence-electron chi connectivity index (χ0n) is 12.1. The van der Waals surface area contributed by atoms with E-state index in [2.05, 4.69) is 11.4 Å². The highest BCUT2D eigenvalue weighted by Crippen LogP contribution is 2.43. The van der Waals surface area contributed by atoms with Gasteiger partial charge in [0.2, 0.25) is 0 Å². The Morgan fingerprint density at radius 1 is 0.957 bits per heavy atom. The van der Waals surface area contributed by atoms with Gasteiger partial charge in [-0.15, -0.1) is 0 Å². The van der Waals surface area contributed by atoms with E-state index < -0.39 is 17.7 Å². The third-order valence-electron chi connectivity index (χ3n) is 3.34. The molecule has 0 aliphatic carbocycles. The molecule has 0 saturated heterocycles. The molecule has 0 unspecified atom stereocenters. The van der Waals surface area contributed by atoms with Crippen LogP contribution < -0.4 is 5.32 Å². The van der Waals surface area contributed by atoms with E-state index in [1.165, 1.54) is 6.07 Å². The Balaban J connectivity index is 1.93. The maximum absolute atomic E-state index is 13.3. The third-order valence-corrected chi connectivity index (χ3v) is 3.34. The van der Waals surface area contributed by atoms with E-state index in [1.807, 2.05) is 12.1 Å². The summed E-state index contributed by atoms with van der Waals surface area (Å²) in [6.45, 7) is 0.587. The lowest BCUT2D eigenvalue weighted by atomic mass is 10.0. The monoisotopic (exact) mass is 328 g/mol. The van der Waals surface area contributed by atoms with Crippen molar-refractivity contribution in [2.45, 2.75) is 24.9 Å². The second-order valence-electron chi connectivity index (χ2n) is 5.09. The van der Waals surface area contributed by atoms with Gasteiger partial charge in [0, 0.05) is 17.8 Å². The fourth-order valence-corrected chi connectivity index (χ4v) is 2.12. The number of benzene rings is 2. The van der Waals surface area contributed by atoms with Crippen molar-refractivity contribution >= 4 is 5.69 Å². The van der Waals surface area contributed by atoms with Gasteiger partial charge in [-0.2, -0.15) is 22.0 Å². The van der Waals surface area contributed by atoms with E-state index >= 15 is 0 Å². The lowest BCUT2D eigenvalue weighted by Crippen LogP contribution is -2.33. The minimum absolute atomic E-state index is 0.410. The summed E-state index contributed by atoms with van der Waals surface area (Å²) in [4.78, 5) is 0. The molecule has 0 aliphatic heterocycles. The van der Waals surface area contributed by atoms with Crippen LogP contribution in [0, 0.1) is 6.07 Å². The molecule has 0 spiro atoms. The van der Waals surface area contributed by atoms with Crippen LogP contribution in [0.5, 0.6) is 0 Å².